The highest BCUT2D eigenvalue weighted by atomic mass is 19.1. The largest absolute Gasteiger partial charge is 0.389 e. The van der Waals surface area contributed by atoms with E-state index in [1.54, 1.807) is 24.4 Å². The zero-order valence-electron chi connectivity index (χ0n) is 11.2. The lowest BCUT2D eigenvalue weighted by Crippen LogP contribution is -2.36. The third-order valence-corrected chi connectivity index (χ3v) is 2.92. The van der Waals surface area contributed by atoms with Gasteiger partial charge >= 0.3 is 0 Å². The fraction of sp³-hybridized carbons (Fsp3) is 0.200. The smallest absolute Gasteiger partial charge is 0.254 e. The summed E-state index contributed by atoms with van der Waals surface area (Å²) >= 11 is 0. The molecule has 0 aliphatic heterocycles. The summed E-state index contributed by atoms with van der Waals surface area (Å²) in [6.45, 7) is -0.0221. The first-order valence-electron chi connectivity index (χ1n) is 6.44. The van der Waals surface area contributed by atoms with Gasteiger partial charge in [0.2, 0.25) is 0 Å². The van der Waals surface area contributed by atoms with E-state index < -0.39 is 17.8 Å². The Morgan fingerprint density at radius 3 is 2.67 bits per heavy atom. The number of benzene rings is 1. The van der Waals surface area contributed by atoms with Gasteiger partial charge in [-0.2, -0.15) is 0 Å². The molecule has 0 saturated heterocycles. The average molecular weight is 290 g/mol. The highest BCUT2D eigenvalue weighted by Crippen LogP contribution is 2.05. The van der Waals surface area contributed by atoms with E-state index in [1.165, 1.54) is 28.8 Å². The van der Waals surface area contributed by atoms with E-state index in [4.69, 9.17) is 0 Å². The van der Waals surface area contributed by atoms with Crippen LogP contribution in [0.25, 0.3) is 0 Å². The maximum atomic E-state index is 13.4. The molecule has 1 aromatic heterocycles. The third-order valence-electron chi connectivity index (χ3n) is 2.92. The number of aliphatic hydroxyl groups excluding tert-OH is 1. The normalized spacial score (nSPS) is 11.9. The number of pyridine rings is 1. The summed E-state index contributed by atoms with van der Waals surface area (Å²) in [5.74, 6) is -1.23. The van der Waals surface area contributed by atoms with Crippen LogP contribution in [0.3, 0.4) is 0 Å². The van der Waals surface area contributed by atoms with Crippen LogP contribution in [0.15, 0.2) is 53.5 Å². The Morgan fingerprint density at radius 1 is 1.24 bits per heavy atom. The Morgan fingerprint density at radius 2 is 1.95 bits per heavy atom. The molecule has 110 valence electrons. The molecule has 1 heterocycles. The maximum absolute atomic E-state index is 13.4. The third kappa shape index (κ3) is 4.00. The molecule has 6 heteroatoms. The van der Waals surface area contributed by atoms with Gasteiger partial charge in [0, 0.05) is 18.8 Å². The minimum absolute atomic E-state index is 0.0528. The number of hydrogen-bond acceptors (Lipinski definition) is 3. The molecule has 21 heavy (non-hydrogen) atoms. The Bertz CT molecular complexity index is 684. The Hall–Kier alpha value is -2.47. The van der Waals surface area contributed by atoms with E-state index in [9.17, 15) is 19.1 Å². The SMILES string of the molecule is O=C(NC[C@@H](O)Cn1ccccc1=O)c1ccccc1F. The minimum atomic E-state index is -0.944. The highest BCUT2D eigenvalue weighted by Gasteiger charge is 2.13. The fourth-order valence-corrected chi connectivity index (χ4v) is 1.85. The highest BCUT2D eigenvalue weighted by molar-refractivity contribution is 5.94. The number of rotatable bonds is 5. The lowest BCUT2D eigenvalue weighted by atomic mass is 10.2. The van der Waals surface area contributed by atoms with Crippen LogP contribution >= 0.6 is 0 Å². The molecule has 2 aromatic rings. The fourth-order valence-electron chi connectivity index (χ4n) is 1.85. The number of carbonyl (C=O) groups excluding carboxylic acids is 1. The molecule has 1 aromatic carbocycles. The predicted octanol–water partition coefficient (Wildman–Crippen LogP) is 0.778. The molecule has 0 aliphatic carbocycles. The number of amides is 1. The second-order valence-corrected chi connectivity index (χ2v) is 4.53. The van der Waals surface area contributed by atoms with Crippen molar-refractivity contribution in [3.63, 3.8) is 0 Å². The lowest BCUT2D eigenvalue weighted by Gasteiger charge is -2.13. The van der Waals surface area contributed by atoms with Crippen molar-refractivity contribution in [2.45, 2.75) is 12.6 Å². The molecule has 2 rings (SSSR count). The van der Waals surface area contributed by atoms with Gasteiger partial charge in [0.05, 0.1) is 18.2 Å². The van der Waals surface area contributed by atoms with Crippen LogP contribution in [0.5, 0.6) is 0 Å². The Balaban J connectivity index is 1.91. The van der Waals surface area contributed by atoms with E-state index in [1.807, 2.05) is 0 Å². The molecule has 0 unspecified atom stereocenters. The van der Waals surface area contributed by atoms with Crippen LogP contribution in [0.4, 0.5) is 4.39 Å². The van der Waals surface area contributed by atoms with E-state index >= 15 is 0 Å². The van der Waals surface area contributed by atoms with Crippen molar-refractivity contribution in [3.05, 3.63) is 70.4 Å². The summed E-state index contributed by atoms with van der Waals surface area (Å²) in [5, 5.41) is 12.3. The summed E-state index contributed by atoms with van der Waals surface area (Å²) in [4.78, 5) is 23.2. The second kappa shape index (κ2) is 6.81. The van der Waals surface area contributed by atoms with Gasteiger partial charge in [-0.1, -0.05) is 18.2 Å². The summed E-state index contributed by atoms with van der Waals surface area (Å²) in [7, 11) is 0. The van der Waals surface area contributed by atoms with Crippen LogP contribution in [0, 0.1) is 5.82 Å². The van der Waals surface area contributed by atoms with E-state index in [2.05, 4.69) is 5.32 Å². The van der Waals surface area contributed by atoms with Crippen molar-refractivity contribution in [1.29, 1.82) is 0 Å². The average Bonchev–Trinajstić information content (AvgIpc) is 2.48. The van der Waals surface area contributed by atoms with Gasteiger partial charge in [-0.15, -0.1) is 0 Å². The molecule has 0 bridgehead atoms. The van der Waals surface area contributed by atoms with Gasteiger partial charge in [-0.3, -0.25) is 9.59 Å². The van der Waals surface area contributed by atoms with E-state index in [0.29, 0.717) is 0 Å². The molecule has 0 spiro atoms. The first-order valence-corrected chi connectivity index (χ1v) is 6.44. The first kappa shape index (κ1) is 14.9. The van der Waals surface area contributed by atoms with Gasteiger partial charge < -0.3 is 15.0 Å². The number of halogens is 1. The number of nitrogens with zero attached hydrogens (tertiary/aromatic N) is 1. The van der Waals surface area contributed by atoms with Gasteiger partial charge in [0.15, 0.2) is 0 Å². The van der Waals surface area contributed by atoms with Crippen molar-refractivity contribution in [2.75, 3.05) is 6.54 Å². The quantitative estimate of drug-likeness (QED) is 0.855. The van der Waals surface area contributed by atoms with Crippen molar-refractivity contribution in [3.8, 4) is 0 Å². The number of aliphatic hydroxyl groups is 1. The second-order valence-electron chi connectivity index (χ2n) is 4.53. The zero-order chi connectivity index (χ0) is 15.2. The van der Waals surface area contributed by atoms with Crippen LogP contribution in [0.1, 0.15) is 10.4 Å². The van der Waals surface area contributed by atoms with Crippen molar-refractivity contribution in [2.24, 2.45) is 0 Å². The molecule has 2 N–H and O–H groups in total. The zero-order valence-corrected chi connectivity index (χ0v) is 11.2. The van der Waals surface area contributed by atoms with Gasteiger partial charge in [0.1, 0.15) is 5.82 Å². The van der Waals surface area contributed by atoms with Crippen molar-refractivity contribution in [1.82, 2.24) is 9.88 Å². The molecule has 1 amide bonds. The summed E-state index contributed by atoms with van der Waals surface area (Å²) in [6.07, 6.45) is 0.602. The van der Waals surface area contributed by atoms with E-state index in [-0.39, 0.29) is 24.2 Å². The van der Waals surface area contributed by atoms with Gasteiger partial charge in [-0.05, 0) is 18.2 Å². The summed E-state index contributed by atoms with van der Waals surface area (Å²) in [6, 6.07) is 10.2. The molecule has 0 radical (unpaired) electrons. The number of aromatic nitrogens is 1. The van der Waals surface area contributed by atoms with Crippen LogP contribution in [0.2, 0.25) is 0 Å². The lowest BCUT2D eigenvalue weighted by molar-refractivity contribution is 0.0899. The molecular weight excluding hydrogens is 275 g/mol. The number of nitrogens with one attached hydrogen (secondary N) is 1. The Labute approximate surface area is 120 Å². The van der Waals surface area contributed by atoms with Crippen molar-refractivity contribution < 1.29 is 14.3 Å². The van der Waals surface area contributed by atoms with Crippen LogP contribution < -0.4 is 10.9 Å². The molecule has 0 saturated carbocycles. The molecular formula is C15H15FN2O3. The van der Waals surface area contributed by atoms with Crippen molar-refractivity contribution >= 4 is 5.91 Å². The predicted molar refractivity (Wildman–Crippen MR) is 75.4 cm³/mol. The Kier molecular flexibility index (Phi) is 4.84. The van der Waals surface area contributed by atoms with E-state index in [0.717, 1.165) is 0 Å². The summed E-state index contributed by atoms with van der Waals surface area (Å²) < 4.78 is 14.7. The van der Waals surface area contributed by atoms with Crippen LogP contribution in [-0.2, 0) is 6.54 Å². The van der Waals surface area contributed by atoms with Gasteiger partial charge in [-0.25, -0.2) is 4.39 Å². The monoisotopic (exact) mass is 290 g/mol. The molecule has 1 atom stereocenters. The summed E-state index contributed by atoms with van der Waals surface area (Å²) in [5.41, 5.74) is -0.321. The minimum Gasteiger partial charge on any atom is -0.389 e. The molecule has 0 aliphatic rings. The molecule has 5 nitrogen and oxygen atoms in total. The van der Waals surface area contributed by atoms with Gasteiger partial charge in [0.25, 0.3) is 11.5 Å². The number of carbonyl (C=O) groups is 1. The maximum Gasteiger partial charge on any atom is 0.254 e. The number of hydrogen-bond donors (Lipinski definition) is 2. The standard InChI is InChI=1S/C15H15FN2O3/c16-13-6-2-1-5-12(13)15(21)17-9-11(19)10-18-8-4-3-7-14(18)20/h1-8,11,19H,9-10H2,(H,17,21)/t11-/m1/s1. The molecule has 0 fully saturated rings. The topological polar surface area (TPSA) is 71.3 Å². The van der Waals surface area contributed by atoms with Crippen LogP contribution in [-0.4, -0.2) is 28.2 Å². The first-order chi connectivity index (χ1) is 10.1.